The molecule has 8 heteroatoms. The quantitative estimate of drug-likeness (QED) is 0.502. The summed E-state index contributed by atoms with van der Waals surface area (Å²) in [6.45, 7) is 4.05. The van der Waals surface area contributed by atoms with Crippen LogP contribution in [0, 0.1) is 0 Å². The van der Waals surface area contributed by atoms with E-state index in [4.69, 9.17) is 0 Å². The fourth-order valence-electron chi connectivity index (χ4n) is 1.36. The second kappa shape index (κ2) is 8.47. The third kappa shape index (κ3) is 4.76. The van der Waals surface area contributed by atoms with Crippen LogP contribution in [0.1, 0.15) is 27.2 Å². The SMILES string of the molecule is CCOC(=O)C[C@@](O)(C(=O)OCC)[C@H](F)C(=O)OCC. The van der Waals surface area contributed by atoms with E-state index in [-0.39, 0.29) is 19.8 Å². The molecule has 0 saturated heterocycles. The average molecular weight is 294 g/mol. The topological polar surface area (TPSA) is 99.1 Å². The zero-order valence-corrected chi connectivity index (χ0v) is 11.7. The van der Waals surface area contributed by atoms with Crippen molar-refractivity contribution in [3.8, 4) is 0 Å². The first kappa shape index (κ1) is 18.3. The van der Waals surface area contributed by atoms with Gasteiger partial charge in [0.1, 0.15) is 0 Å². The van der Waals surface area contributed by atoms with Crippen molar-refractivity contribution in [1.29, 1.82) is 0 Å². The van der Waals surface area contributed by atoms with Crippen LogP contribution in [-0.2, 0) is 28.6 Å². The van der Waals surface area contributed by atoms with Gasteiger partial charge < -0.3 is 19.3 Å². The van der Waals surface area contributed by atoms with Crippen molar-refractivity contribution in [3.63, 3.8) is 0 Å². The van der Waals surface area contributed by atoms with E-state index in [0.29, 0.717) is 0 Å². The maximum Gasteiger partial charge on any atom is 0.344 e. The van der Waals surface area contributed by atoms with Gasteiger partial charge in [-0.15, -0.1) is 0 Å². The number of carbonyl (C=O) groups excluding carboxylic acids is 3. The van der Waals surface area contributed by atoms with Gasteiger partial charge in [-0.3, -0.25) is 4.79 Å². The lowest BCUT2D eigenvalue weighted by Gasteiger charge is -2.26. The van der Waals surface area contributed by atoms with Crippen LogP contribution in [0.15, 0.2) is 0 Å². The Morgan fingerprint density at radius 2 is 1.55 bits per heavy atom. The molecule has 0 fully saturated rings. The van der Waals surface area contributed by atoms with Crippen LogP contribution < -0.4 is 0 Å². The number of ether oxygens (including phenoxy) is 3. The van der Waals surface area contributed by atoms with Crippen LogP contribution in [0.3, 0.4) is 0 Å². The molecule has 2 atom stereocenters. The Kier molecular flexibility index (Phi) is 7.75. The minimum absolute atomic E-state index is 0.0197. The smallest absolute Gasteiger partial charge is 0.344 e. The van der Waals surface area contributed by atoms with E-state index < -0.39 is 36.1 Å². The molecule has 20 heavy (non-hydrogen) atoms. The third-order valence-electron chi connectivity index (χ3n) is 2.26. The van der Waals surface area contributed by atoms with Gasteiger partial charge in [0.25, 0.3) is 0 Å². The molecule has 7 nitrogen and oxygen atoms in total. The molecule has 0 aliphatic carbocycles. The molecule has 0 bridgehead atoms. The predicted molar refractivity (Wildman–Crippen MR) is 64.4 cm³/mol. The summed E-state index contributed by atoms with van der Waals surface area (Å²) < 4.78 is 27.4. The number of esters is 3. The van der Waals surface area contributed by atoms with E-state index in [0.717, 1.165) is 0 Å². The highest BCUT2D eigenvalue weighted by molar-refractivity contribution is 5.92. The fraction of sp³-hybridized carbons (Fsp3) is 0.750. The molecular weight excluding hydrogens is 275 g/mol. The molecule has 116 valence electrons. The maximum absolute atomic E-state index is 14.0. The zero-order chi connectivity index (χ0) is 15.8. The van der Waals surface area contributed by atoms with Gasteiger partial charge in [0.15, 0.2) is 0 Å². The number of hydrogen-bond donors (Lipinski definition) is 1. The summed E-state index contributed by atoms with van der Waals surface area (Å²) in [5.41, 5.74) is -2.96. The summed E-state index contributed by atoms with van der Waals surface area (Å²) >= 11 is 0. The summed E-state index contributed by atoms with van der Waals surface area (Å²) in [5, 5.41) is 10.0. The second-order valence-corrected chi connectivity index (χ2v) is 3.74. The summed E-state index contributed by atoms with van der Waals surface area (Å²) in [5.74, 6) is -3.91. The number of hydrogen-bond acceptors (Lipinski definition) is 7. The highest BCUT2D eigenvalue weighted by atomic mass is 19.1. The van der Waals surface area contributed by atoms with E-state index in [1.807, 2.05) is 0 Å². The van der Waals surface area contributed by atoms with Crippen LogP contribution in [0.5, 0.6) is 0 Å². The molecular formula is C12H19FO7. The van der Waals surface area contributed by atoms with Gasteiger partial charge in [0, 0.05) is 0 Å². The number of rotatable bonds is 8. The first-order valence-electron chi connectivity index (χ1n) is 6.19. The van der Waals surface area contributed by atoms with Gasteiger partial charge in [-0.2, -0.15) is 0 Å². The van der Waals surface area contributed by atoms with Crippen LogP contribution in [0.25, 0.3) is 0 Å². The maximum atomic E-state index is 14.0. The lowest BCUT2D eigenvalue weighted by atomic mass is 9.93. The standard InChI is InChI=1S/C12H19FO7/c1-4-18-8(14)7-12(17,11(16)20-6-3)9(13)10(15)19-5-2/h9,17H,4-7H2,1-3H3/t9-,12+/m1/s1. The molecule has 0 aliphatic rings. The van der Waals surface area contributed by atoms with E-state index in [1.165, 1.54) is 20.8 Å². The summed E-state index contributed by atoms with van der Waals surface area (Å²) in [4.78, 5) is 34.3. The fourth-order valence-corrected chi connectivity index (χ4v) is 1.36. The van der Waals surface area contributed by atoms with Crippen LogP contribution in [-0.4, -0.2) is 54.6 Å². The molecule has 0 unspecified atom stereocenters. The van der Waals surface area contributed by atoms with Gasteiger partial charge >= 0.3 is 17.9 Å². The van der Waals surface area contributed by atoms with Crippen LogP contribution >= 0.6 is 0 Å². The van der Waals surface area contributed by atoms with E-state index in [1.54, 1.807) is 0 Å². The number of alkyl halides is 1. The van der Waals surface area contributed by atoms with Gasteiger partial charge in [-0.05, 0) is 20.8 Å². The van der Waals surface area contributed by atoms with Crippen molar-refractivity contribution in [2.24, 2.45) is 0 Å². The van der Waals surface area contributed by atoms with Crippen LogP contribution in [0.2, 0.25) is 0 Å². The van der Waals surface area contributed by atoms with E-state index in [9.17, 15) is 23.9 Å². The molecule has 0 aromatic rings. The Bertz CT molecular complexity index is 358. The van der Waals surface area contributed by atoms with Crippen LogP contribution in [0.4, 0.5) is 4.39 Å². The molecule has 0 aliphatic heterocycles. The lowest BCUT2D eigenvalue weighted by molar-refractivity contribution is -0.187. The van der Waals surface area contributed by atoms with Crippen molar-refractivity contribution < 1.29 is 38.1 Å². The average Bonchev–Trinajstić information content (AvgIpc) is 2.38. The Labute approximate surface area is 116 Å². The minimum atomic E-state index is -2.96. The number of carbonyl (C=O) groups is 3. The van der Waals surface area contributed by atoms with Crippen molar-refractivity contribution in [3.05, 3.63) is 0 Å². The van der Waals surface area contributed by atoms with Crippen molar-refractivity contribution >= 4 is 17.9 Å². The summed E-state index contributed by atoms with van der Waals surface area (Å²) in [6.07, 6.45) is -3.79. The summed E-state index contributed by atoms with van der Waals surface area (Å²) in [6, 6.07) is 0. The Hall–Kier alpha value is -1.70. The molecule has 0 spiro atoms. The zero-order valence-electron chi connectivity index (χ0n) is 11.7. The first-order valence-corrected chi connectivity index (χ1v) is 6.19. The highest BCUT2D eigenvalue weighted by Crippen LogP contribution is 2.23. The lowest BCUT2D eigenvalue weighted by Crippen LogP contribution is -2.54. The molecule has 0 saturated carbocycles. The number of aliphatic hydroxyl groups is 1. The number of halogens is 1. The molecule has 0 rings (SSSR count). The second-order valence-electron chi connectivity index (χ2n) is 3.74. The summed E-state index contributed by atoms with van der Waals surface area (Å²) in [7, 11) is 0. The predicted octanol–water partition coefficient (Wildman–Crippen LogP) is 0.135. The molecule has 0 amide bonds. The Morgan fingerprint density at radius 3 is 2.00 bits per heavy atom. The van der Waals surface area contributed by atoms with Gasteiger partial charge in [0.2, 0.25) is 11.8 Å². The third-order valence-corrected chi connectivity index (χ3v) is 2.26. The molecule has 0 aromatic carbocycles. The largest absolute Gasteiger partial charge is 0.466 e. The molecule has 0 aromatic heterocycles. The Balaban J connectivity index is 5.18. The van der Waals surface area contributed by atoms with Gasteiger partial charge in [-0.1, -0.05) is 0 Å². The minimum Gasteiger partial charge on any atom is -0.466 e. The van der Waals surface area contributed by atoms with E-state index in [2.05, 4.69) is 14.2 Å². The Morgan fingerprint density at radius 1 is 1.05 bits per heavy atom. The normalized spacial score (nSPS) is 14.8. The van der Waals surface area contributed by atoms with Crippen molar-refractivity contribution in [2.45, 2.75) is 39.0 Å². The van der Waals surface area contributed by atoms with Gasteiger partial charge in [0.05, 0.1) is 26.2 Å². The monoisotopic (exact) mass is 294 g/mol. The first-order chi connectivity index (χ1) is 9.33. The van der Waals surface area contributed by atoms with Gasteiger partial charge in [-0.25, -0.2) is 14.0 Å². The van der Waals surface area contributed by atoms with Crippen molar-refractivity contribution in [1.82, 2.24) is 0 Å². The molecule has 1 N–H and O–H groups in total. The van der Waals surface area contributed by atoms with Crippen molar-refractivity contribution in [2.75, 3.05) is 19.8 Å². The van der Waals surface area contributed by atoms with E-state index >= 15 is 0 Å². The molecule has 0 heterocycles. The molecule has 0 radical (unpaired) electrons. The highest BCUT2D eigenvalue weighted by Gasteiger charge is 2.52.